The maximum Gasteiger partial charge on any atom is 0.254 e. The zero-order chi connectivity index (χ0) is 23.2. The van der Waals surface area contributed by atoms with E-state index in [-0.39, 0.29) is 11.3 Å². The predicted molar refractivity (Wildman–Crippen MR) is 134 cm³/mol. The Hall–Kier alpha value is -2.87. The average molecular weight is 426 g/mol. The molecule has 1 aliphatic heterocycles. The van der Waals surface area contributed by atoms with Crippen molar-refractivity contribution in [3.05, 3.63) is 93.0 Å². The summed E-state index contributed by atoms with van der Waals surface area (Å²) in [5.41, 5.74) is 12.7. The molecule has 0 N–H and O–H groups in total. The summed E-state index contributed by atoms with van der Waals surface area (Å²) in [5, 5.41) is 0. The number of carbonyl (C=O) groups excluding carboxylic acids is 1. The Labute approximate surface area is 193 Å². The fraction of sp³-hybridized carbons (Fsp3) is 0.367. The molecule has 0 fully saturated rings. The second-order valence-electron chi connectivity index (χ2n) is 10.3. The van der Waals surface area contributed by atoms with Crippen LogP contribution in [0.25, 0.3) is 11.1 Å². The van der Waals surface area contributed by atoms with E-state index in [1.165, 1.54) is 50.1 Å². The second-order valence-corrected chi connectivity index (χ2v) is 10.3. The summed E-state index contributed by atoms with van der Waals surface area (Å²) in [6.45, 7) is 16.8. The normalized spacial score (nSPS) is 13.4. The first kappa shape index (κ1) is 22.3. The summed E-state index contributed by atoms with van der Waals surface area (Å²) in [6, 6.07) is 17.0. The van der Waals surface area contributed by atoms with Gasteiger partial charge in [-0.05, 0) is 89.2 Å². The number of hydrogen-bond acceptors (Lipinski definition) is 1. The van der Waals surface area contributed by atoms with Crippen molar-refractivity contribution >= 4 is 5.91 Å². The van der Waals surface area contributed by atoms with Gasteiger partial charge in [-0.15, -0.1) is 0 Å². The molecule has 0 saturated carbocycles. The zero-order valence-corrected chi connectivity index (χ0v) is 20.6. The summed E-state index contributed by atoms with van der Waals surface area (Å²) < 4.78 is 0. The minimum Gasteiger partial charge on any atom is -0.330 e. The lowest BCUT2D eigenvalue weighted by Gasteiger charge is -2.21. The van der Waals surface area contributed by atoms with Gasteiger partial charge in [0.25, 0.3) is 5.91 Å². The van der Waals surface area contributed by atoms with E-state index in [0.717, 1.165) is 12.0 Å². The number of nitrogens with zero attached hydrogens (tertiary/aromatic N) is 1. The number of benzene rings is 3. The number of amides is 1. The molecule has 0 unspecified atom stereocenters. The predicted octanol–water partition coefficient (Wildman–Crippen LogP) is 7.29. The van der Waals surface area contributed by atoms with E-state index in [9.17, 15) is 4.79 Å². The first-order chi connectivity index (χ1) is 15.1. The highest BCUT2D eigenvalue weighted by molar-refractivity contribution is 5.95. The van der Waals surface area contributed by atoms with Gasteiger partial charge in [-0.1, -0.05) is 69.7 Å². The smallest absolute Gasteiger partial charge is 0.254 e. The van der Waals surface area contributed by atoms with E-state index in [1.54, 1.807) is 0 Å². The lowest BCUT2D eigenvalue weighted by Crippen LogP contribution is -2.26. The number of hydrogen-bond donors (Lipinski definition) is 0. The Balaban J connectivity index is 1.74. The summed E-state index contributed by atoms with van der Waals surface area (Å²) in [5.74, 6) is 0.126. The minimum absolute atomic E-state index is 0.0242. The fourth-order valence-electron chi connectivity index (χ4n) is 5.06. The van der Waals surface area contributed by atoms with Gasteiger partial charge in [-0.2, -0.15) is 0 Å². The number of aryl methyl sites for hydroxylation is 1. The van der Waals surface area contributed by atoms with Gasteiger partial charge in [0, 0.05) is 18.7 Å². The molecule has 2 heteroatoms. The van der Waals surface area contributed by atoms with Crippen molar-refractivity contribution in [1.82, 2.24) is 4.90 Å². The minimum atomic E-state index is 0.0242. The molecule has 0 radical (unpaired) electrons. The van der Waals surface area contributed by atoms with Crippen LogP contribution in [0.15, 0.2) is 48.5 Å². The third-order valence-corrected chi connectivity index (χ3v) is 7.05. The van der Waals surface area contributed by atoms with Crippen LogP contribution in [0.4, 0.5) is 0 Å². The topological polar surface area (TPSA) is 20.3 Å². The van der Waals surface area contributed by atoms with Gasteiger partial charge < -0.3 is 4.90 Å². The van der Waals surface area contributed by atoms with Gasteiger partial charge >= 0.3 is 0 Å². The number of carbonyl (C=O) groups is 1. The second kappa shape index (κ2) is 8.24. The molecule has 1 amide bonds. The summed E-state index contributed by atoms with van der Waals surface area (Å²) >= 11 is 0. The highest BCUT2D eigenvalue weighted by Gasteiger charge is 2.30. The molecule has 1 heterocycles. The molecule has 0 saturated heterocycles. The molecule has 2 nitrogen and oxygen atoms in total. The van der Waals surface area contributed by atoms with Crippen LogP contribution in [0.2, 0.25) is 0 Å². The molecule has 3 aromatic carbocycles. The molecule has 3 aromatic rings. The van der Waals surface area contributed by atoms with Crippen LogP contribution in [0.3, 0.4) is 0 Å². The fourth-order valence-corrected chi connectivity index (χ4v) is 5.06. The van der Waals surface area contributed by atoms with Crippen LogP contribution in [0, 0.1) is 20.8 Å². The van der Waals surface area contributed by atoms with Crippen LogP contribution in [0.5, 0.6) is 0 Å². The quantitative estimate of drug-likeness (QED) is 0.431. The lowest BCUT2D eigenvalue weighted by atomic mass is 9.84. The molecule has 0 spiro atoms. The first-order valence-electron chi connectivity index (χ1n) is 11.7. The van der Waals surface area contributed by atoms with Crippen LogP contribution >= 0.6 is 0 Å². The average Bonchev–Trinajstić information content (AvgIpc) is 3.22. The third kappa shape index (κ3) is 3.88. The molecule has 4 rings (SSSR count). The highest BCUT2D eigenvalue weighted by Crippen LogP contribution is 2.40. The van der Waals surface area contributed by atoms with Crippen molar-refractivity contribution in [3.8, 4) is 11.1 Å². The molecule has 1 aliphatic rings. The van der Waals surface area contributed by atoms with Gasteiger partial charge in [-0.25, -0.2) is 0 Å². The van der Waals surface area contributed by atoms with Crippen molar-refractivity contribution in [2.45, 2.75) is 73.4 Å². The molecule has 0 bridgehead atoms. The van der Waals surface area contributed by atoms with E-state index >= 15 is 0 Å². The van der Waals surface area contributed by atoms with E-state index < -0.39 is 0 Å². The Morgan fingerprint density at radius 1 is 0.906 bits per heavy atom. The molecule has 0 atom stereocenters. The Bertz CT molecular complexity index is 1180. The lowest BCUT2D eigenvalue weighted by molar-refractivity contribution is 0.0751. The summed E-state index contributed by atoms with van der Waals surface area (Å²) in [6.07, 6.45) is 0.991. The molecule has 0 aliphatic carbocycles. The maximum atomic E-state index is 13.5. The molecular weight excluding hydrogens is 390 g/mol. The van der Waals surface area contributed by atoms with E-state index in [0.29, 0.717) is 13.1 Å². The zero-order valence-electron chi connectivity index (χ0n) is 20.6. The first-order valence-corrected chi connectivity index (χ1v) is 11.7. The third-order valence-electron chi connectivity index (χ3n) is 7.05. The molecule has 32 heavy (non-hydrogen) atoms. The van der Waals surface area contributed by atoms with Gasteiger partial charge in [0.15, 0.2) is 0 Å². The highest BCUT2D eigenvalue weighted by atomic mass is 16.2. The summed E-state index contributed by atoms with van der Waals surface area (Å²) in [4.78, 5) is 15.5. The standard InChI is InChI=1S/C30H35NO/c1-8-25-20(3)26-17-31(29(32)23-10-9-11-24(16-23)30(5,6)7)18-27(26)21(4)28(25)22-14-12-19(2)13-15-22/h9-16H,8,17-18H2,1-7H3. The van der Waals surface area contributed by atoms with Crippen molar-refractivity contribution in [2.24, 2.45) is 0 Å². The Kier molecular flexibility index (Phi) is 5.75. The van der Waals surface area contributed by atoms with Crippen LogP contribution in [0.1, 0.15) is 77.0 Å². The largest absolute Gasteiger partial charge is 0.330 e. The van der Waals surface area contributed by atoms with E-state index in [1.807, 2.05) is 17.0 Å². The van der Waals surface area contributed by atoms with Gasteiger partial charge in [0.2, 0.25) is 0 Å². The molecular formula is C30H35NO. The maximum absolute atomic E-state index is 13.5. The monoisotopic (exact) mass is 425 g/mol. The number of rotatable bonds is 3. The Morgan fingerprint density at radius 2 is 1.53 bits per heavy atom. The van der Waals surface area contributed by atoms with Gasteiger partial charge in [-0.3, -0.25) is 4.79 Å². The van der Waals surface area contributed by atoms with E-state index in [2.05, 4.69) is 84.9 Å². The molecule has 166 valence electrons. The number of fused-ring (bicyclic) bond motifs is 1. The van der Waals surface area contributed by atoms with Crippen LogP contribution < -0.4 is 0 Å². The SMILES string of the molecule is CCc1c(C)c2c(c(C)c1-c1ccc(C)cc1)CN(C(=O)c1cccc(C(C)(C)C)c1)C2. The van der Waals surface area contributed by atoms with Crippen molar-refractivity contribution < 1.29 is 4.79 Å². The van der Waals surface area contributed by atoms with Crippen LogP contribution in [-0.4, -0.2) is 10.8 Å². The van der Waals surface area contributed by atoms with Crippen LogP contribution in [-0.2, 0) is 24.9 Å². The van der Waals surface area contributed by atoms with Crippen molar-refractivity contribution in [3.63, 3.8) is 0 Å². The van der Waals surface area contributed by atoms with Gasteiger partial charge in [0.1, 0.15) is 0 Å². The Morgan fingerprint density at radius 3 is 2.12 bits per heavy atom. The van der Waals surface area contributed by atoms with E-state index in [4.69, 9.17) is 0 Å². The van der Waals surface area contributed by atoms with Gasteiger partial charge in [0.05, 0.1) is 0 Å². The summed E-state index contributed by atoms with van der Waals surface area (Å²) in [7, 11) is 0. The molecule has 0 aromatic heterocycles. The van der Waals surface area contributed by atoms with Crippen molar-refractivity contribution in [2.75, 3.05) is 0 Å². The van der Waals surface area contributed by atoms with Crippen molar-refractivity contribution in [1.29, 1.82) is 0 Å².